The first-order valence-electron chi connectivity index (χ1n) is 9.77. The number of hydrogen-bond acceptors (Lipinski definition) is 8. The van der Waals surface area contributed by atoms with Crippen molar-refractivity contribution in [1.82, 2.24) is 15.5 Å². The third-order valence-corrected chi connectivity index (χ3v) is 5.22. The molecule has 0 aliphatic carbocycles. The monoisotopic (exact) mass is 386 g/mol. The normalized spacial score (nSPS) is 24.8. The maximum atomic E-state index is 10.1. The first kappa shape index (κ1) is 20.3. The van der Waals surface area contributed by atoms with Crippen LogP contribution in [0.5, 0.6) is 5.75 Å². The second kappa shape index (κ2) is 8.28. The Hall–Kier alpha value is -2.45. The van der Waals surface area contributed by atoms with Crippen LogP contribution in [0.1, 0.15) is 39.7 Å². The molecular weight excluding hydrogens is 356 g/mol. The Morgan fingerprint density at radius 1 is 1.29 bits per heavy atom. The number of amidine groups is 1. The van der Waals surface area contributed by atoms with Gasteiger partial charge in [0.2, 0.25) is 5.96 Å². The van der Waals surface area contributed by atoms with Crippen LogP contribution in [0.25, 0.3) is 0 Å². The number of nitrogens with zero attached hydrogens (tertiary/aromatic N) is 4. The van der Waals surface area contributed by atoms with E-state index in [1.54, 1.807) is 12.1 Å². The maximum Gasteiger partial charge on any atom is 0.221 e. The summed E-state index contributed by atoms with van der Waals surface area (Å²) < 4.78 is 0. The lowest BCUT2D eigenvalue weighted by Crippen LogP contribution is -2.57. The van der Waals surface area contributed by atoms with E-state index in [0.29, 0.717) is 12.5 Å². The molecule has 2 aliphatic rings. The summed E-state index contributed by atoms with van der Waals surface area (Å²) in [5.74, 6) is 1.55. The molecule has 152 valence electrons. The van der Waals surface area contributed by atoms with Crippen LogP contribution in [0.4, 0.5) is 0 Å². The molecule has 1 aromatic rings. The molecule has 0 saturated carbocycles. The van der Waals surface area contributed by atoms with Crippen molar-refractivity contribution in [2.24, 2.45) is 15.0 Å². The highest BCUT2D eigenvalue weighted by Gasteiger charge is 2.48. The van der Waals surface area contributed by atoms with Gasteiger partial charge in [0.25, 0.3) is 0 Å². The van der Waals surface area contributed by atoms with E-state index in [9.17, 15) is 10.2 Å². The summed E-state index contributed by atoms with van der Waals surface area (Å²) in [5, 5.41) is 26.2. The number of benzene rings is 1. The maximum absolute atomic E-state index is 10.1. The highest BCUT2D eigenvalue weighted by atomic mass is 16.3. The van der Waals surface area contributed by atoms with Crippen molar-refractivity contribution in [3.8, 4) is 5.75 Å². The van der Waals surface area contributed by atoms with Crippen molar-refractivity contribution in [1.29, 1.82) is 0 Å². The highest BCUT2D eigenvalue weighted by Crippen LogP contribution is 2.30. The molecule has 2 unspecified atom stereocenters. The highest BCUT2D eigenvalue weighted by molar-refractivity contribution is 6.10. The van der Waals surface area contributed by atoms with Gasteiger partial charge in [-0.15, -0.1) is 0 Å². The van der Waals surface area contributed by atoms with Gasteiger partial charge in [-0.05, 0) is 33.3 Å². The number of phenolic OH excluding ortho intramolecular Hbond substituents is 1. The minimum absolute atomic E-state index is 0.0119. The van der Waals surface area contributed by atoms with Crippen LogP contribution in [0.15, 0.2) is 39.2 Å². The number of phenols is 1. The van der Waals surface area contributed by atoms with Crippen LogP contribution in [0.2, 0.25) is 0 Å². The van der Waals surface area contributed by atoms with Crippen molar-refractivity contribution < 1.29 is 10.2 Å². The predicted molar refractivity (Wildman–Crippen MR) is 112 cm³/mol. The molecule has 1 aromatic carbocycles. The van der Waals surface area contributed by atoms with Crippen LogP contribution in [-0.2, 0) is 6.54 Å². The molecule has 3 atom stereocenters. The topological polar surface area (TPSA) is 105 Å². The molecule has 0 radical (unpaired) electrons. The number of aliphatic imine (C=N–C) groups is 3. The van der Waals surface area contributed by atoms with Crippen LogP contribution in [0.3, 0.4) is 0 Å². The fourth-order valence-corrected chi connectivity index (χ4v) is 3.32. The first-order valence-corrected chi connectivity index (χ1v) is 9.77. The summed E-state index contributed by atoms with van der Waals surface area (Å²) in [4.78, 5) is 16.2. The van der Waals surface area contributed by atoms with Gasteiger partial charge in [-0.25, -0.2) is 4.99 Å². The summed E-state index contributed by atoms with van der Waals surface area (Å²) in [7, 11) is 0. The van der Waals surface area contributed by atoms with Crippen molar-refractivity contribution in [2.75, 3.05) is 6.61 Å². The van der Waals surface area contributed by atoms with E-state index >= 15 is 0 Å². The molecule has 0 saturated heterocycles. The number of guanidine groups is 1. The lowest BCUT2D eigenvalue weighted by atomic mass is 9.95. The zero-order chi connectivity index (χ0) is 20.3. The standard InChI is InChI=1S/C20H30N6O2/c1-5-15(11-27)23-19-24-17(21-10-14-8-6-7-9-16(14)28)20(4)18(25-19)26(12-22-20)13(2)3/h6-9,12-13,15,17,21,27-28H,5,10-11H2,1-4H3,(H,23,24)/t15-,17?,20?/m1/s1. The van der Waals surface area contributed by atoms with E-state index in [-0.39, 0.29) is 30.6 Å². The summed E-state index contributed by atoms with van der Waals surface area (Å²) in [5.41, 5.74) is 0.158. The van der Waals surface area contributed by atoms with E-state index in [0.717, 1.165) is 17.8 Å². The van der Waals surface area contributed by atoms with Gasteiger partial charge in [-0.1, -0.05) is 25.1 Å². The molecule has 8 nitrogen and oxygen atoms in total. The minimum Gasteiger partial charge on any atom is -0.508 e. The second-order valence-corrected chi connectivity index (χ2v) is 7.63. The molecule has 0 aromatic heterocycles. The predicted octanol–water partition coefficient (Wildman–Crippen LogP) is 1.45. The first-order chi connectivity index (χ1) is 13.4. The average Bonchev–Trinajstić information content (AvgIpc) is 3.03. The molecule has 0 spiro atoms. The van der Waals surface area contributed by atoms with Gasteiger partial charge in [0, 0.05) is 18.2 Å². The second-order valence-electron chi connectivity index (χ2n) is 7.63. The molecule has 0 bridgehead atoms. The Balaban J connectivity index is 1.88. The Kier molecular flexibility index (Phi) is 6.00. The number of aliphatic hydroxyl groups excluding tert-OH is 1. The molecule has 8 heteroatoms. The van der Waals surface area contributed by atoms with E-state index in [1.165, 1.54) is 0 Å². The zero-order valence-electron chi connectivity index (χ0n) is 16.9. The summed E-state index contributed by atoms with van der Waals surface area (Å²) >= 11 is 0. The number of aromatic hydroxyl groups is 1. The largest absolute Gasteiger partial charge is 0.508 e. The third-order valence-electron chi connectivity index (χ3n) is 5.22. The molecular formula is C20H30N6O2. The van der Waals surface area contributed by atoms with Gasteiger partial charge in [0.15, 0.2) is 5.54 Å². The van der Waals surface area contributed by atoms with E-state index in [4.69, 9.17) is 15.0 Å². The molecule has 28 heavy (non-hydrogen) atoms. The van der Waals surface area contributed by atoms with Crippen LogP contribution >= 0.6 is 0 Å². The summed E-state index contributed by atoms with van der Waals surface area (Å²) in [6.45, 7) is 8.65. The number of para-hydroxylation sites is 1. The Morgan fingerprint density at radius 2 is 2.04 bits per heavy atom. The van der Waals surface area contributed by atoms with Crippen LogP contribution < -0.4 is 10.6 Å². The quantitative estimate of drug-likeness (QED) is 0.568. The number of rotatable bonds is 7. The van der Waals surface area contributed by atoms with Crippen molar-refractivity contribution in [3.05, 3.63) is 29.8 Å². The van der Waals surface area contributed by atoms with Gasteiger partial charge in [0.05, 0.1) is 19.0 Å². The fourth-order valence-electron chi connectivity index (χ4n) is 3.32. The molecule has 0 fully saturated rings. The lowest BCUT2D eigenvalue weighted by Gasteiger charge is -2.36. The number of nitrogens with one attached hydrogen (secondary N) is 2. The fraction of sp³-hybridized carbons (Fsp3) is 0.550. The number of hydrogen-bond donors (Lipinski definition) is 4. The third kappa shape index (κ3) is 3.88. The number of aliphatic hydroxyl groups is 1. The van der Waals surface area contributed by atoms with Crippen LogP contribution in [0, 0.1) is 0 Å². The SMILES string of the molecule is CC[C@H](CO)NC1=NC(NCc2ccccc2O)C2(C)N=CN(C(C)C)C2=N1. The smallest absolute Gasteiger partial charge is 0.221 e. The van der Waals surface area contributed by atoms with Gasteiger partial charge in [0.1, 0.15) is 17.8 Å². The van der Waals surface area contributed by atoms with Gasteiger partial charge >= 0.3 is 0 Å². The van der Waals surface area contributed by atoms with E-state index in [2.05, 4.69) is 24.5 Å². The van der Waals surface area contributed by atoms with E-state index in [1.807, 2.05) is 37.2 Å². The van der Waals surface area contributed by atoms with Crippen molar-refractivity contribution >= 4 is 18.1 Å². The van der Waals surface area contributed by atoms with Crippen molar-refractivity contribution in [2.45, 2.75) is 64.4 Å². The molecule has 3 rings (SSSR count). The lowest BCUT2D eigenvalue weighted by molar-refractivity contribution is 0.251. The van der Waals surface area contributed by atoms with Gasteiger partial charge in [-0.3, -0.25) is 10.3 Å². The summed E-state index contributed by atoms with van der Waals surface area (Å²) in [6.07, 6.45) is 2.22. The Bertz CT molecular complexity index is 787. The number of fused-ring (bicyclic) bond motifs is 1. The van der Waals surface area contributed by atoms with Gasteiger partial charge in [-0.2, -0.15) is 4.99 Å². The zero-order valence-corrected chi connectivity index (χ0v) is 16.9. The molecule has 2 heterocycles. The molecule has 4 N–H and O–H groups in total. The average molecular weight is 387 g/mol. The summed E-state index contributed by atoms with van der Waals surface area (Å²) in [6, 6.07) is 7.34. The molecule has 0 amide bonds. The van der Waals surface area contributed by atoms with Crippen molar-refractivity contribution in [3.63, 3.8) is 0 Å². The Labute approximate surface area is 166 Å². The molecule has 2 aliphatic heterocycles. The minimum atomic E-state index is -0.638. The van der Waals surface area contributed by atoms with Crippen LogP contribution in [-0.4, -0.2) is 63.6 Å². The Morgan fingerprint density at radius 3 is 2.68 bits per heavy atom. The van der Waals surface area contributed by atoms with Gasteiger partial charge < -0.3 is 20.4 Å². The van der Waals surface area contributed by atoms with E-state index < -0.39 is 5.54 Å².